The number of hydrogen-bond acceptors (Lipinski definition) is 5. The Morgan fingerprint density at radius 1 is 0.973 bits per heavy atom. The third kappa shape index (κ3) is 4.77. The molecule has 190 valence electrons. The number of halogens is 1. The van der Waals surface area contributed by atoms with Crippen molar-refractivity contribution in [2.24, 2.45) is 0 Å². The van der Waals surface area contributed by atoms with Crippen LogP contribution in [-0.2, 0) is 16.0 Å². The number of hydrogen-bond donors (Lipinski definition) is 0. The highest BCUT2D eigenvalue weighted by molar-refractivity contribution is 6.31. The van der Waals surface area contributed by atoms with Crippen LogP contribution in [0.3, 0.4) is 0 Å². The number of nitrogens with zero attached hydrogens (tertiary/aromatic N) is 3. The zero-order valence-corrected chi connectivity index (χ0v) is 21.3. The molecule has 1 fully saturated rings. The lowest BCUT2D eigenvalue weighted by Gasteiger charge is -2.16. The van der Waals surface area contributed by atoms with Gasteiger partial charge in [0.25, 0.3) is 5.91 Å². The third-order valence-corrected chi connectivity index (χ3v) is 6.95. The third-order valence-electron chi connectivity index (χ3n) is 6.72. The van der Waals surface area contributed by atoms with E-state index in [1.165, 1.54) is 7.11 Å². The monoisotopic (exact) mass is 519 g/mol. The second-order valence-electron chi connectivity index (χ2n) is 8.97. The Labute approximate surface area is 218 Å². The van der Waals surface area contributed by atoms with Gasteiger partial charge in [-0.05, 0) is 66.6 Å². The molecule has 0 spiro atoms. The molecule has 1 aromatic heterocycles. The van der Waals surface area contributed by atoms with Crippen molar-refractivity contribution in [2.75, 3.05) is 27.3 Å². The summed E-state index contributed by atoms with van der Waals surface area (Å²) < 4.78 is 13.4. The molecule has 0 radical (unpaired) electrons. The number of carbonyl (C=O) groups is 2. The second kappa shape index (κ2) is 10.2. The van der Waals surface area contributed by atoms with Gasteiger partial charge in [0.05, 0.1) is 42.0 Å². The molecular weight excluding hydrogens is 494 g/mol. The highest BCUT2D eigenvalue weighted by Gasteiger charge is 2.27. The summed E-state index contributed by atoms with van der Waals surface area (Å²) in [7, 11) is 2.99. The van der Waals surface area contributed by atoms with E-state index in [-0.39, 0.29) is 24.2 Å². The maximum atomic E-state index is 13.7. The van der Waals surface area contributed by atoms with Crippen LogP contribution >= 0.6 is 11.6 Å². The van der Waals surface area contributed by atoms with Gasteiger partial charge in [-0.25, -0.2) is 9.59 Å². The van der Waals surface area contributed by atoms with Crippen LogP contribution in [0.25, 0.3) is 16.7 Å². The van der Waals surface area contributed by atoms with Crippen LogP contribution in [0.1, 0.15) is 32.7 Å². The highest BCUT2D eigenvalue weighted by atomic mass is 35.5. The molecule has 1 amide bonds. The van der Waals surface area contributed by atoms with Gasteiger partial charge in [0, 0.05) is 30.8 Å². The minimum atomic E-state index is -0.440. The van der Waals surface area contributed by atoms with Gasteiger partial charge in [-0.3, -0.25) is 13.9 Å². The van der Waals surface area contributed by atoms with Gasteiger partial charge < -0.3 is 14.4 Å². The van der Waals surface area contributed by atoms with Gasteiger partial charge in [0.2, 0.25) is 0 Å². The van der Waals surface area contributed by atoms with E-state index in [1.54, 1.807) is 81.8 Å². The first-order valence-corrected chi connectivity index (χ1v) is 12.3. The standard InChI is InChI=1S/C28H26ClN3O5/c1-36-23-12-13-30(17-23)26(33)19-6-9-22(10-7-19)32-25-15-21(29)8-11-24(25)31(28(32)35)16-18-4-3-5-20(14-18)27(34)37-2/h3-11,14-15,23H,12-13,16-17H2,1-2H3. The second-order valence-corrected chi connectivity index (χ2v) is 9.41. The fourth-order valence-electron chi connectivity index (χ4n) is 4.77. The number of esters is 1. The van der Waals surface area contributed by atoms with Crippen LogP contribution in [0.5, 0.6) is 0 Å². The molecule has 0 aliphatic carbocycles. The molecule has 2 heterocycles. The van der Waals surface area contributed by atoms with Gasteiger partial charge >= 0.3 is 11.7 Å². The Morgan fingerprint density at radius 3 is 2.46 bits per heavy atom. The number of fused-ring (bicyclic) bond motifs is 1. The van der Waals surface area contributed by atoms with Crippen LogP contribution in [0.15, 0.2) is 71.5 Å². The van der Waals surface area contributed by atoms with Crippen molar-refractivity contribution in [3.63, 3.8) is 0 Å². The van der Waals surface area contributed by atoms with Crippen LogP contribution in [0, 0.1) is 0 Å². The van der Waals surface area contributed by atoms with Crippen molar-refractivity contribution in [3.8, 4) is 5.69 Å². The number of amides is 1. The van der Waals surface area contributed by atoms with Crippen LogP contribution < -0.4 is 5.69 Å². The van der Waals surface area contributed by atoms with E-state index in [1.807, 2.05) is 6.07 Å². The fourth-order valence-corrected chi connectivity index (χ4v) is 4.94. The number of benzene rings is 3. The first-order chi connectivity index (χ1) is 17.9. The van der Waals surface area contributed by atoms with E-state index < -0.39 is 5.97 Å². The minimum Gasteiger partial charge on any atom is -0.465 e. The molecule has 0 bridgehead atoms. The molecule has 4 aromatic rings. The van der Waals surface area contributed by atoms with Gasteiger partial charge in [-0.15, -0.1) is 0 Å². The Kier molecular flexibility index (Phi) is 6.86. The quantitative estimate of drug-likeness (QED) is 0.358. The average Bonchev–Trinajstić information content (AvgIpc) is 3.51. The number of aromatic nitrogens is 2. The van der Waals surface area contributed by atoms with Crippen molar-refractivity contribution in [1.29, 1.82) is 0 Å². The molecule has 0 N–H and O–H groups in total. The van der Waals surface area contributed by atoms with Gasteiger partial charge in [-0.2, -0.15) is 0 Å². The SMILES string of the molecule is COC(=O)c1cccc(Cn2c(=O)n(-c3ccc(C(=O)N4CCC(OC)C4)cc3)c3cc(Cl)ccc32)c1. The first kappa shape index (κ1) is 24.8. The topological polar surface area (TPSA) is 82.8 Å². The Bertz CT molecular complexity index is 1540. The molecule has 3 aromatic carbocycles. The molecule has 1 aliphatic heterocycles. The van der Waals surface area contributed by atoms with E-state index in [9.17, 15) is 14.4 Å². The number of rotatable bonds is 6. The summed E-state index contributed by atoms with van der Waals surface area (Å²) in [5.41, 5.74) is 3.43. The lowest BCUT2D eigenvalue weighted by molar-refractivity contribution is 0.0600. The maximum absolute atomic E-state index is 13.7. The number of likely N-dealkylation sites (tertiary alicyclic amines) is 1. The van der Waals surface area contributed by atoms with E-state index in [0.717, 1.165) is 12.0 Å². The molecule has 5 rings (SSSR count). The number of ether oxygens (including phenoxy) is 2. The van der Waals surface area contributed by atoms with Gasteiger partial charge in [0.1, 0.15) is 0 Å². The number of methoxy groups -OCH3 is 2. The highest BCUT2D eigenvalue weighted by Crippen LogP contribution is 2.24. The Morgan fingerprint density at radius 2 is 1.76 bits per heavy atom. The first-order valence-electron chi connectivity index (χ1n) is 11.9. The molecule has 1 saturated heterocycles. The predicted octanol–water partition coefficient (Wildman–Crippen LogP) is 4.14. The number of carbonyl (C=O) groups excluding carboxylic acids is 2. The summed E-state index contributed by atoms with van der Waals surface area (Å²) in [5, 5.41) is 0.500. The normalized spacial score (nSPS) is 15.3. The Hall–Kier alpha value is -3.88. The average molecular weight is 520 g/mol. The van der Waals surface area contributed by atoms with Gasteiger partial charge in [-0.1, -0.05) is 23.7 Å². The van der Waals surface area contributed by atoms with Crippen molar-refractivity contribution in [2.45, 2.75) is 19.1 Å². The molecular formula is C28H26ClN3O5. The van der Waals surface area contributed by atoms with Crippen LogP contribution in [-0.4, -0.2) is 59.3 Å². The molecule has 0 saturated carbocycles. The van der Waals surface area contributed by atoms with E-state index in [0.29, 0.717) is 46.0 Å². The molecule has 1 atom stereocenters. The van der Waals surface area contributed by atoms with Crippen LogP contribution in [0.4, 0.5) is 0 Å². The molecule has 8 nitrogen and oxygen atoms in total. The summed E-state index contributed by atoms with van der Waals surface area (Å²) >= 11 is 6.30. The van der Waals surface area contributed by atoms with Crippen molar-refractivity contribution >= 4 is 34.5 Å². The molecule has 37 heavy (non-hydrogen) atoms. The van der Waals surface area contributed by atoms with E-state index >= 15 is 0 Å². The lowest BCUT2D eigenvalue weighted by atomic mass is 10.1. The van der Waals surface area contributed by atoms with E-state index in [4.69, 9.17) is 21.1 Å². The van der Waals surface area contributed by atoms with Crippen molar-refractivity contribution < 1.29 is 19.1 Å². The number of imidazole rings is 1. The largest absolute Gasteiger partial charge is 0.465 e. The zero-order valence-electron chi connectivity index (χ0n) is 20.5. The fraction of sp³-hybridized carbons (Fsp3) is 0.250. The summed E-state index contributed by atoms with van der Waals surface area (Å²) in [4.78, 5) is 40.4. The molecule has 1 unspecified atom stereocenters. The summed E-state index contributed by atoms with van der Waals surface area (Å²) in [6.45, 7) is 1.47. The summed E-state index contributed by atoms with van der Waals surface area (Å²) in [5.74, 6) is -0.501. The predicted molar refractivity (Wildman–Crippen MR) is 141 cm³/mol. The maximum Gasteiger partial charge on any atom is 0.337 e. The Balaban J connectivity index is 1.51. The molecule has 9 heteroatoms. The smallest absolute Gasteiger partial charge is 0.337 e. The van der Waals surface area contributed by atoms with Crippen LogP contribution in [0.2, 0.25) is 5.02 Å². The zero-order chi connectivity index (χ0) is 26.1. The van der Waals surface area contributed by atoms with Crippen molar-refractivity contribution in [1.82, 2.24) is 14.0 Å². The van der Waals surface area contributed by atoms with E-state index in [2.05, 4.69) is 0 Å². The van der Waals surface area contributed by atoms with Crippen molar-refractivity contribution in [3.05, 3.63) is 98.9 Å². The minimum absolute atomic E-state index is 0.0607. The lowest BCUT2D eigenvalue weighted by Crippen LogP contribution is -2.30. The molecule has 1 aliphatic rings. The summed E-state index contributed by atoms with van der Waals surface area (Å²) in [6.07, 6.45) is 0.879. The summed E-state index contributed by atoms with van der Waals surface area (Å²) in [6, 6.07) is 19.3. The van der Waals surface area contributed by atoms with Gasteiger partial charge in [0.15, 0.2) is 0 Å².